The molecule has 0 radical (unpaired) electrons. The fourth-order valence-electron chi connectivity index (χ4n) is 2.10. The smallest absolute Gasteiger partial charge is 0.315 e. The van der Waals surface area contributed by atoms with Crippen molar-refractivity contribution in [1.29, 1.82) is 0 Å². The molecule has 0 amide bonds. The van der Waals surface area contributed by atoms with Crippen LogP contribution in [0.1, 0.15) is 39.3 Å². The number of likely N-dealkylation sites (N-methyl/N-ethyl adjacent to an activating group) is 1. The number of rotatable bonds is 8. The Morgan fingerprint density at radius 2 is 2.30 bits per heavy atom. The second-order valence-corrected chi connectivity index (χ2v) is 6.61. The number of carbonyl (C=O) groups is 1. The van der Waals surface area contributed by atoms with Gasteiger partial charge in [0.15, 0.2) is 5.13 Å². The fourth-order valence-corrected chi connectivity index (χ4v) is 3.00. The van der Waals surface area contributed by atoms with Gasteiger partial charge >= 0.3 is 5.97 Å². The molecule has 1 aliphatic rings. The average molecular weight is 297 g/mol. The molecule has 0 aliphatic heterocycles. The summed E-state index contributed by atoms with van der Waals surface area (Å²) < 4.78 is 0. The Labute approximate surface area is 124 Å². The second kappa shape index (κ2) is 6.10. The Morgan fingerprint density at radius 1 is 1.60 bits per heavy atom. The van der Waals surface area contributed by atoms with Gasteiger partial charge in [0.05, 0.1) is 5.69 Å². The van der Waals surface area contributed by atoms with Crippen LogP contribution in [-0.4, -0.2) is 46.6 Å². The minimum atomic E-state index is -0.931. The van der Waals surface area contributed by atoms with Crippen molar-refractivity contribution in [3.8, 4) is 0 Å². The van der Waals surface area contributed by atoms with Crippen LogP contribution in [-0.2, 0) is 10.2 Å². The minimum absolute atomic E-state index is 0.618. The lowest BCUT2D eigenvalue weighted by Crippen LogP contribution is -2.31. The number of nitrogens with one attached hydrogen (secondary N) is 1. The van der Waals surface area contributed by atoms with E-state index < -0.39 is 11.4 Å². The lowest BCUT2D eigenvalue weighted by Gasteiger charge is -2.19. The molecule has 5 nitrogen and oxygen atoms in total. The van der Waals surface area contributed by atoms with Gasteiger partial charge in [0.2, 0.25) is 0 Å². The summed E-state index contributed by atoms with van der Waals surface area (Å²) in [4.78, 5) is 18.1. The van der Waals surface area contributed by atoms with E-state index in [1.54, 1.807) is 13.8 Å². The number of anilines is 1. The van der Waals surface area contributed by atoms with Crippen molar-refractivity contribution >= 4 is 22.4 Å². The molecule has 0 aromatic carbocycles. The number of carboxylic acids is 1. The van der Waals surface area contributed by atoms with E-state index >= 15 is 0 Å². The molecule has 2 rings (SSSR count). The molecule has 2 N–H and O–H groups in total. The van der Waals surface area contributed by atoms with E-state index in [1.807, 2.05) is 5.38 Å². The molecule has 0 atom stereocenters. The molecule has 6 heteroatoms. The van der Waals surface area contributed by atoms with Crippen LogP contribution >= 0.6 is 11.3 Å². The molecule has 1 fully saturated rings. The maximum absolute atomic E-state index is 11.2. The summed E-state index contributed by atoms with van der Waals surface area (Å²) in [5.74, 6) is -0.847. The summed E-state index contributed by atoms with van der Waals surface area (Å²) >= 11 is 1.47. The molecule has 1 aromatic heterocycles. The first-order chi connectivity index (χ1) is 9.45. The zero-order valence-electron chi connectivity index (χ0n) is 12.3. The second-order valence-electron chi connectivity index (χ2n) is 5.75. The number of carboxylic acid groups (broad SMARTS) is 1. The predicted octanol–water partition coefficient (Wildman–Crippen LogP) is 2.40. The summed E-state index contributed by atoms with van der Waals surface area (Å²) in [5, 5.41) is 15.1. The molecule has 1 aliphatic carbocycles. The molecule has 112 valence electrons. The number of thiazole rings is 1. The monoisotopic (exact) mass is 297 g/mol. The van der Waals surface area contributed by atoms with Crippen LogP contribution in [0, 0.1) is 0 Å². The van der Waals surface area contributed by atoms with Crippen LogP contribution in [0.2, 0.25) is 0 Å². The lowest BCUT2D eigenvalue weighted by atomic mass is 9.90. The highest BCUT2D eigenvalue weighted by atomic mass is 32.1. The van der Waals surface area contributed by atoms with Gasteiger partial charge in [-0.15, -0.1) is 11.3 Å². The Bertz CT molecular complexity index is 469. The number of nitrogens with zero attached hydrogens (tertiary/aromatic N) is 2. The molecule has 1 aromatic rings. The third-order valence-corrected chi connectivity index (χ3v) is 4.62. The third kappa shape index (κ3) is 3.49. The standard InChI is InChI=1S/C14H23N3O2S/c1-4-17(10-5-6-10)8-7-15-13-16-11(9-20-13)14(2,3)12(18)19/h9-10H,4-8H2,1-3H3,(H,15,16)(H,18,19). The number of aromatic nitrogens is 1. The highest BCUT2D eigenvalue weighted by Crippen LogP contribution is 2.28. The zero-order chi connectivity index (χ0) is 14.8. The summed E-state index contributed by atoms with van der Waals surface area (Å²) in [6.07, 6.45) is 2.64. The Kier molecular flexibility index (Phi) is 4.65. The fraction of sp³-hybridized carbons (Fsp3) is 0.714. The number of hydrogen-bond acceptors (Lipinski definition) is 5. The highest BCUT2D eigenvalue weighted by molar-refractivity contribution is 7.13. The summed E-state index contributed by atoms with van der Waals surface area (Å²) in [6, 6.07) is 0.777. The summed E-state index contributed by atoms with van der Waals surface area (Å²) in [5.41, 5.74) is -0.313. The van der Waals surface area contributed by atoms with Gasteiger partial charge < -0.3 is 10.4 Å². The number of aliphatic carboxylic acids is 1. The normalized spacial score (nSPS) is 15.6. The third-order valence-electron chi connectivity index (χ3n) is 3.82. The first-order valence-corrected chi connectivity index (χ1v) is 8.00. The maximum atomic E-state index is 11.2. The Morgan fingerprint density at radius 3 is 2.85 bits per heavy atom. The van der Waals surface area contributed by atoms with Crippen LogP contribution < -0.4 is 5.32 Å². The Hall–Kier alpha value is -1.14. The molecule has 0 spiro atoms. The Balaban J connectivity index is 1.85. The largest absolute Gasteiger partial charge is 0.481 e. The SMILES string of the molecule is CCN(CCNc1nc(C(C)(C)C(=O)O)cs1)C1CC1. The van der Waals surface area contributed by atoms with Gasteiger partial charge in [-0.3, -0.25) is 9.69 Å². The number of hydrogen-bond donors (Lipinski definition) is 2. The highest BCUT2D eigenvalue weighted by Gasteiger charge is 2.32. The maximum Gasteiger partial charge on any atom is 0.315 e. The van der Waals surface area contributed by atoms with Crippen molar-refractivity contribution < 1.29 is 9.90 Å². The van der Waals surface area contributed by atoms with Gasteiger partial charge in [0.1, 0.15) is 5.41 Å². The predicted molar refractivity (Wildman–Crippen MR) is 81.5 cm³/mol. The van der Waals surface area contributed by atoms with Crippen LogP contribution in [0.3, 0.4) is 0 Å². The molecule has 0 bridgehead atoms. The van der Waals surface area contributed by atoms with Crippen molar-refractivity contribution in [2.45, 2.75) is 45.1 Å². The van der Waals surface area contributed by atoms with E-state index in [4.69, 9.17) is 0 Å². The molecule has 0 unspecified atom stereocenters. The van der Waals surface area contributed by atoms with Crippen LogP contribution in [0.5, 0.6) is 0 Å². The van der Waals surface area contributed by atoms with Gasteiger partial charge in [-0.1, -0.05) is 6.92 Å². The van der Waals surface area contributed by atoms with Crippen LogP contribution in [0.25, 0.3) is 0 Å². The van der Waals surface area contributed by atoms with Crippen molar-refractivity contribution in [2.75, 3.05) is 25.0 Å². The van der Waals surface area contributed by atoms with E-state index in [1.165, 1.54) is 24.2 Å². The van der Waals surface area contributed by atoms with Gasteiger partial charge in [0.25, 0.3) is 0 Å². The molecule has 0 saturated heterocycles. The summed E-state index contributed by atoms with van der Waals surface area (Å²) in [7, 11) is 0. The topological polar surface area (TPSA) is 65.5 Å². The van der Waals surface area contributed by atoms with Crippen LogP contribution in [0.4, 0.5) is 5.13 Å². The first kappa shape index (κ1) is 15.3. The molecule has 20 heavy (non-hydrogen) atoms. The van der Waals surface area contributed by atoms with Gasteiger partial charge in [-0.05, 0) is 33.2 Å². The minimum Gasteiger partial charge on any atom is -0.481 e. The summed E-state index contributed by atoms with van der Waals surface area (Å²) in [6.45, 7) is 8.50. The van der Waals surface area contributed by atoms with Gasteiger partial charge in [0, 0.05) is 24.5 Å². The molecular weight excluding hydrogens is 274 g/mol. The van der Waals surface area contributed by atoms with E-state index in [0.717, 1.165) is 30.8 Å². The van der Waals surface area contributed by atoms with Crippen molar-refractivity contribution in [2.24, 2.45) is 0 Å². The lowest BCUT2D eigenvalue weighted by molar-refractivity contribution is -0.142. The van der Waals surface area contributed by atoms with E-state index in [0.29, 0.717) is 5.69 Å². The van der Waals surface area contributed by atoms with E-state index in [2.05, 4.69) is 22.1 Å². The van der Waals surface area contributed by atoms with Crippen LogP contribution in [0.15, 0.2) is 5.38 Å². The molecule has 1 heterocycles. The molecule has 1 saturated carbocycles. The van der Waals surface area contributed by atoms with E-state index in [-0.39, 0.29) is 0 Å². The van der Waals surface area contributed by atoms with Crippen molar-refractivity contribution in [3.63, 3.8) is 0 Å². The molecular formula is C14H23N3O2S. The van der Waals surface area contributed by atoms with E-state index in [9.17, 15) is 9.90 Å². The average Bonchev–Trinajstić information content (AvgIpc) is 3.12. The van der Waals surface area contributed by atoms with Gasteiger partial charge in [-0.25, -0.2) is 4.98 Å². The van der Waals surface area contributed by atoms with Crippen molar-refractivity contribution in [1.82, 2.24) is 9.88 Å². The zero-order valence-corrected chi connectivity index (χ0v) is 13.2. The van der Waals surface area contributed by atoms with Crippen molar-refractivity contribution in [3.05, 3.63) is 11.1 Å². The quantitative estimate of drug-likeness (QED) is 0.771. The first-order valence-electron chi connectivity index (χ1n) is 7.12. The van der Waals surface area contributed by atoms with Gasteiger partial charge in [-0.2, -0.15) is 0 Å².